The van der Waals surface area contributed by atoms with Gasteiger partial charge in [-0.1, -0.05) is 47.2 Å². The first-order valence-electron chi connectivity index (χ1n) is 10.0. The van der Waals surface area contributed by atoms with Crippen molar-refractivity contribution in [1.29, 1.82) is 0 Å². The van der Waals surface area contributed by atoms with Crippen LogP contribution in [0.5, 0.6) is 0 Å². The van der Waals surface area contributed by atoms with Crippen molar-refractivity contribution < 1.29 is 13.2 Å². The van der Waals surface area contributed by atoms with Gasteiger partial charge >= 0.3 is 0 Å². The smallest absolute Gasteiger partial charge is 0.262 e. The molecular weight excluding hydrogens is 442 g/mol. The van der Waals surface area contributed by atoms with Gasteiger partial charge in [-0.2, -0.15) is 0 Å². The lowest BCUT2D eigenvalue weighted by atomic mass is 10.1. The Hall–Kier alpha value is -3.23. The topological polar surface area (TPSA) is 88.2 Å². The van der Waals surface area contributed by atoms with E-state index in [1.807, 2.05) is 32.0 Å². The standard InChI is InChI=1S/C24H23N3O3S2/c1-14-10-16(3)22(17(4)11-14)32(29,30)27-19-12-15(2)21-20(13-19)31-24(25-21)26-23(28)18-8-6-5-7-9-18/h5-13,27H,1-4H3,(H,25,26,28). The van der Waals surface area contributed by atoms with E-state index in [9.17, 15) is 13.2 Å². The van der Waals surface area contributed by atoms with Gasteiger partial charge in [0, 0.05) is 5.56 Å². The quantitative estimate of drug-likeness (QED) is 0.403. The van der Waals surface area contributed by atoms with Crippen LogP contribution in [0.2, 0.25) is 0 Å². The van der Waals surface area contributed by atoms with E-state index >= 15 is 0 Å². The minimum atomic E-state index is -3.76. The molecule has 2 N–H and O–H groups in total. The molecule has 0 saturated heterocycles. The van der Waals surface area contributed by atoms with Crippen LogP contribution in [0.25, 0.3) is 10.2 Å². The molecule has 6 nitrogen and oxygen atoms in total. The fraction of sp³-hybridized carbons (Fsp3) is 0.167. The van der Waals surface area contributed by atoms with Gasteiger partial charge in [0.1, 0.15) is 0 Å². The number of fused-ring (bicyclic) bond motifs is 1. The van der Waals surface area contributed by atoms with E-state index in [1.165, 1.54) is 11.3 Å². The van der Waals surface area contributed by atoms with Crippen molar-refractivity contribution in [2.75, 3.05) is 10.0 Å². The van der Waals surface area contributed by atoms with E-state index in [0.717, 1.165) is 21.3 Å². The summed E-state index contributed by atoms with van der Waals surface area (Å²) in [5.41, 5.74) is 4.97. The number of aryl methyl sites for hydroxylation is 4. The van der Waals surface area contributed by atoms with Gasteiger partial charge < -0.3 is 0 Å². The SMILES string of the molecule is Cc1cc(C)c(S(=O)(=O)Nc2cc(C)c3nc(NC(=O)c4ccccc4)sc3c2)c(C)c1. The molecular formula is C24H23N3O3S2. The zero-order chi connectivity index (χ0) is 23.0. The summed E-state index contributed by atoms with van der Waals surface area (Å²) in [6, 6.07) is 16.1. The number of thiazole rings is 1. The molecule has 1 amide bonds. The van der Waals surface area contributed by atoms with Crippen LogP contribution in [0.15, 0.2) is 59.5 Å². The first-order valence-corrected chi connectivity index (χ1v) is 12.3. The molecule has 0 atom stereocenters. The predicted octanol–water partition coefficient (Wildman–Crippen LogP) is 5.58. The van der Waals surface area contributed by atoms with Gasteiger partial charge in [0.15, 0.2) is 5.13 Å². The molecule has 8 heteroatoms. The molecule has 0 aliphatic carbocycles. The van der Waals surface area contributed by atoms with Crippen molar-refractivity contribution in [2.45, 2.75) is 32.6 Å². The highest BCUT2D eigenvalue weighted by atomic mass is 32.2. The van der Waals surface area contributed by atoms with Crippen molar-refractivity contribution >= 4 is 48.3 Å². The Morgan fingerprint density at radius 1 is 0.906 bits per heavy atom. The average Bonchev–Trinajstić information content (AvgIpc) is 3.10. The Kier molecular flexibility index (Phi) is 5.75. The summed E-state index contributed by atoms with van der Waals surface area (Å²) in [6.45, 7) is 7.41. The fourth-order valence-electron chi connectivity index (χ4n) is 3.86. The summed E-state index contributed by atoms with van der Waals surface area (Å²) in [4.78, 5) is 17.3. The molecule has 3 aromatic carbocycles. The first-order chi connectivity index (χ1) is 15.1. The number of nitrogens with zero attached hydrogens (tertiary/aromatic N) is 1. The number of aromatic nitrogens is 1. The Labute approximate surface area is 191 Å². The summed E-state index contributed by atoms with van der Waals surface area (Å²) < 4.78 is 29.7. The molecule has 0 radical (unpaired) electrons. The Morgan fingerprint density at radius 3 is 2.22 bits per heavy atom. The molecule has 0 fully saturated rings. The third-order valence-electron chi connectivity index (χ3n) is 5.07. The lowest BCUT2D eigenvalue weighted by Gasteiger charge is -2.14. The molecule has 1 heterocycles. The summed E-state index contributed by atoms with van der Waals surface area (Å²) in [5.74, 6) is -0.242. The van der Waals surface area contributed by atoms with Crippen LogP contribution in [-0.2, 0) is 10.0 Å². The molecule has 0 bridgehead atoms. The van der Waals surface area contributed by atoms with E-state index < -0.39 is 10.0 Å². The number of carbonyl (C=O) groups excluding carboxylic acids is 1. The Balaban J connectivity index is 1.64. The Morgan fingerprint density at radius 2 is 1.56 bits per heavy atom. The normalized spacial score (nSPS) is 11.5. The monoisotopic (exact) mass is 465 g/mol. The molecule has 164 valence electrons. The lowest BCUT2D eigenvalue weighted by Crippen LogP contribution is -2.16. The maximum atomic E-state index is 13.1. The zero-order valence-corrected chi connectivity index (χ0v) is 19.8. The van der Waals surface area contributed by atoms with Gasteiger partial charge in [0.25, 0.3) is 15.9 Å². The van der Waals surface area contributed by atoms with Crippen LogP contribution < -0.4 is 10.0 Å². The van der Waals surface area contributed by atoms with Crippen LogP contribution in [-0.4, -0.2) is 19.3 Å². The number of rotatable bonds is 5. The number of hydrogen-bond acceptors (Lipinski definition) is 5. The lowest BCUT2D eigenvalue weighted by molar-refractivity contribution is 0.102. The van der Waals surface area contributed by atoms with E-state index in [-0.39, 0.29) is 5.91 Å². The number of anilines is 2. The van der Waals surface area contributed by atoms with Gasteiger partial charge in [-0.15, -0.1) is 0 Å². The van der Waals surface area contributed by atoms with E-state index in [4.69, 9.17) is 0 Å². The third-order valence-corrected chi connectivity index (χ3v) is 7.67. The number of benzene rings is 3. The number of carbonyl (C=O) groups is 1. The van der Waals surface area contributed by atoms with E-state index in [1.54, 1.807) is 50.2 Å². The minimum Gasteiger partial charge on any atom is -0.298 e. The van der Waals surface area contributed by atoms with Crippen molar-refractivity contribution in [1.82, 2.24) is 4.98 Å². The molecule has 0 aliphatic heterocycles. The average molecular weight is 466 g/mol. The molecule has 1 aromatic heterocycles. The molecule has 0 unspecified atom stereocenters. The van der Waals surface area contributed by atoms with Crippen molar-refractivity contribution in [2.24, 2.45) is 0 Å². The molecule has 4 aromatic rings. The van der Waals surface area contributed by atoms with Crippen LogP contribution in [0.3, 0.4) is 0 Å². The second-order valence-corrected chi connectivity index (χ2v) is 10.5. The second-order valence-electron chi connectivity index (χ2n) is 7.81. The molecule has 0 saturated carbocycles. The van der Waals surface area contributed by atoms with Crippen LogP contribution in [0.1, 0.15) is 32.6 Å². The maximum Gasteiger partial charge on any atom is 0.262 e. The number of sulfonamides is 1. The van der Waals surface area contributed by atoms with Gasteiger partial charge in [-0.3, -0.25) is 14.8 Å². The van der Waals surface area contributed by atoms with Gasteiger partial charge in [0.2, 0.25) is 0 Å². The van der Waals surface area contributed by atoms with Gasteiger partial charge in [-0.05, 0) is 68.7 Å². The largest absolute Gasteiger partial charge is 0.298 e. The van der Waals surface area contributed by atoms with E-state index in [2.05, 4.69) is 15.0 Å². The number of amides is 1. The summed E-state index contributed by atoms with van der Waals surface area (Å²) in [5, 5.41) is 3.28. The highest BCUT2D eigenvalue weighted by Gasteiger charge is 2.21. The minimum absolute atomic E-state index is 0.242. The van der Waals surface area contributed by atoms with Gasteiger partial charge in [0.05, 0.1) is 20.8 Å². The second kappa shape index (κ2) is 8.37. The highest BCUT2D eigenvalue weighted by molar-refractivity contribution is 7.92. The van der Waals surface area contributed by atoms with Gasteiger partial charge in [-0.25, -0.2) is 13.4 Å². The van der Waals surface area contributed by atoms with Crippen molar-refractivity contribution in [3.05, 3.63) is 82.4 Å². The van der Waals surface area contributed by atoms with Crippen LogP contribution in [0, 0.1) is 27.7 Å². The predicted molar refractivity (Wildman–Crippen MR) is 130 cm³/mol. The third kappa shape index (κ3) is 4.37. The van der Waals surface area contributed by atoms with Crippen LogP contribution in [0.4, 0.5) is 10.8 Å². The summed E-state index contributed by atoms with van der Waals surface area (Å²) >= 11 is 1.30. The molecule has 0 aliphatic rings. The van der Waals surface area contributed by atoms with E-state index in [0.29, 0.717) is 32.4 Å². The van der Waals surface area contributed by atoms with Crippen molar-refractivity contribution in [3.8, 4) is 0 Å². The number of hydrogen-bond donors (Lipinski definition) is 2. The summed E-state index contributed by atoms with van der Waals surface area (Å²) in [7, 11) is -3.76. The molecule has 4 rings (SSSR count). The maximum absolute atomic E-state index is 13.1. The Bertz CT molecular complexity index is 1420. The highest BCUT2D eigenvalue weighted by Crippen LogP contribution is 2.33. The first kappa shape index (κ1) is 22.0. The fourth-order valence-corrected chi connectivity index (χ4v) is 6.34. The zero-order valence-electron chi connectivity index (χ0n) is 18.2. The molecule has 32 heavy (non-hydrogen) atoms. The molecule has 0 spiro atoms. The number of nitrogens with one attached hydrogen (secondary N) is 2. The van der Waals surface area contributed by atoms with Crippen LogP contribution >= 0.6 is 11.3 Å². The van der Waals surface area contributed by atoms with Crippen molar-refractivity contribution in [3.63, 3.8) is 0 Å². The summed E-state index contributed by atoms with van der Waals surface area (Å²) in [6.07, 6.45) is 0.